The van der Waals surface area contributed by atoms with Crippen LogP contribution in [0.1, 0.15) is 41.7 Å². The molecular formula is C37H42FN3O4S. The highest BCUT2D eigenvalue weighted by molar-refractivity contribution is 7.92. The third-order valence-corrected chi connectivity index (χ3v) is 9.73. The fourth-order valence-corrected chi connectivity index (χ4v) is 6.59. The number of nitrogens with zero attached hydrogens (tertiary/aromatic N) is 2. The van der Waals surface area contributed by atoms with Gasteiger partial charge in [-0.25, -0.2) is 12.8 Å². The summed E-state index contributed by atoms with van der Waals surface area (Å²) in [6.45, 7) is 9.35. The van der Waals surface area contributed by atoms with E-state index in [0.29, 0.717) is 23.4 Å². The minimum Gasteiger partial charge on any atom is -0.354 e. The van der Waals surface area contributed by atoms with Crippen molar-refractivity contribution in [2.24, 2.45) is 5.92 Å². The summed E-state index contributed by atoms with van der Waals surface area (Å²) in [6, 6.07) is 25.9. The predicted molar refractivity (Wildman–Crippen MR) is 180 cm³/mol. The molecule has 0 radical (unpaired) electrons. The van der Waals surface area contributed by atoms with Gasteiger partial charge in [0.15, 0.2) is 0 Å². The first kappa shape index (κ1) is 34.4. The van der Waals surface area contributed by atoms with E-state index in [-0.39, 0.29) is 29.7 Å². The molecule has 0 aliphatic heterocycles. The molecule has 0 unspecified atom stereocenters. The molecule has 0 aromatic heterocycles. The van der Waals surface area contributed by atoms with Gasteiger partial charge in [-0.05, 0) is 79.3 Å². The van der Waals surface area contributed by atoms with Crippen molar-refractivity contribution in [2.45, 2.75) is 58.5 Å². The zero-order chi connectivity index (χ0) is 33.4. The van der Waals surface area contributed by atoms with Crippen molar-refractivity contribution >= 4 is 27.5 Å². The molecule has 0 aliphatic carbocycles. The Morgan fingerprint density at radius 2 is 1.46 bits per heavy atom. The number of carbonyl (C=O) groups is 2. The summed E-state index contributed by atoms with van der Waals surface area (Å²) in [4.78, 5) is 29.9. The summed E-state index contributed by atoms with van der Waals surface area (Å²) >= 11 is 0. The average Bonchev–Trinajstić information content (AvgIpc) is 3.03. The Kier molecular flexibility index (Phi) is 11.4. The first-order valence-corrected chi connectivity index (χ1v) is 16.8. The van der Waals surface area contributed by atoms with Crippen molar-refractivity contribution in [2.75, 3.05) is 17.4 Å². The number of hydrogen-bond acceptors (Lipinski definition) is 4. The zero-order valence-corrected chi connectivity index (χ0v) is 27.9. The number of nitrogens with one attached hydrogen (secondary N) is 1. The Morgan fingerprint density at radius 1 is 0.804 bits per heavy atom. The van der Waals surface area contributed by atoms with Gasteiger partial charge in [-0.15, -0.1) is 0 Å². The van der Waals surface area contributed by atoms with Crippen LogP contribution in [0.5, 0.6) is 0 Å². The molecule has 0 heterocycles. The molecule has 0 spiro atoms. The minimum absolute atomic E-state index is 0.0308. The first-order chi connectivity index (χ1) is 21.9. The Morgan fingerprint density at radius 3 is 2.09 bits per heavy atom. The largest absolute Gasteiger partial charge is 0.354 e. The van der Waals surface area contributed by atoms with Gasteiger partial charge < -0.3 is 10.2 Å². The highest BCUT2D eigenvalue weighted by atomic mass is 32.2. The summed E-state index contributed by atoms with van der Waals surface area (Å²) in [5.41, 5.74) is 4.29. The normalized spacial score (nSPS) is 12.1. The lowest BCUT2D eigenvalue weighted by Crippen LogP contribution is -2.53. The molecule has 0 saturated carbocycles. The summed E-state index contributed by atoms with van der Waals surface area (Å²) in [5.74, 6) is -1.18. The predicted octanol–water partition coefficient (Wildman–Crippen LogP) is 6.36. The second kappa shape index (κ2) is 15.2. The van der Waals surface area contributed by atoms with E-state index in [4.69, 9.17) is 0 Å². The molecule has 46 heavy (non-hydrogen) atoms. The van der Waals surface area contributed by atoms with Crippen LogP contribution in [0, 0.1) is 32.5 Å². The van der Waals surface area contributed by atoms with Gasteiger partial charge in [0.25, 0.3) is 10.0 Å². The summed E-state index contributed by atoms with van der Waals surface area (Å²) in [6.07, 6.45) is 0.200. The Balaban J connectivity index is 1.82. The number of benzene rings is 4. The van der Waals surface area contributed by atoms with Crippen molar-refractivity contribution in [1.29, 1.82) is 0 Å². The molecule has 0 fully saturated rings. The molecule has 0 saturated heterocycles. The average molecular weight is 644 g/mol. The van der Waals surface area contributed by atoms with E-state index in [1.54, 1.807) is 36.4 Å². The number of amides is 2. The lowest BCUT2D eigenvalue weighted by Gasteiger charge is -2.34. The van der Waals surface area contributed by atoms with Crippen LogP contribution < -0.4 is 9.62 Å². The monoisotopic (exact) mass is 643 g/mol. The van der Waals surface area contributed by atoms with E-state index in [1.165, 1.54) is 29.2 Å². The van der Waals surface area contributed by atoms with Crippen LogP contribution in [-0.2, 0) is 32.6 Å². The number of rotatable bonds is 13. The first-order valence-electron chi connectivity index (χ1n) is 15.4. The topological polar surface area (TPSA) is 86.8 Å². The number of carbonyl (C=O) groups excluding carboxylic acids is 2. The van der Waals surface area contributed by atoms with Gasteiger partial charge in [0.1, 0.15) is 18.4 Å². The number of aryl methyl sites for hydroxylation is 2. The molecule has 1 atom stereocenters. The second-order valence-corrected chi connectivity index (χ2v) is 13.9. The van der Waals surface area contributed by atoms with Gasteiger partial charge in [0.05, 0.1) is 10.6 Å². The van der Waals surface area contributed by atoms with E-state index in [2.05, 4.69) is 5.32 Å². The lowest BCUT2D eigenvalue weighted by molar-refractivity contribution is -0.140. The van der Waals surface area contributed by atoms with Gasteiger partial charge in [0, 0.05) is 19.5 Å². The SMILES string of the molecule is Cc1ccc(S(=O)(=O)N(CC(=O)N(Cc2ccc(F)cc2)[C@H](Cc2ccccc2)C(=O)NCC(C)C)c2cccc(C)c2C)cc1. The van der Waals surface area contributed by atoms with Crippen molar-refractivity contribution in [3.8, 4) is 0 Å². The van der Waals surface area contributed by atoms with Crippen molar-refractivity contribution < 1.29 is 22.4 Å². The molecular weight excluding hydrogens is 601 g/mol. The highest BCUT2D eigenvalue weighted by Gasteiger charge is 2.35. The number of halogens is 1. The van der Waals surface area contributed by atoms with Crippen LogP contribution in [0.4, 0.5) is 10.1 Å². The van der Waals surface area contributed by atoms with Crippen molar-refractivity contribution in [3.63, 3.8) is 0 Å². The Labute approximate surface area is 272 Å². The molecule has 7 nitrogen and oxygen atoms in total. The van der Waals surface area contributed by atoms with E-state index >= 15 is 0 Å². The maximum Gasteiger partial charge on any atom is 0.264 e. The molecule has 1 N–H and O–H groups in total. The smallest absolute Gasteiger partial charge is 0.264 e. The van der Waals surface area contributed by atoms with Crippen LogP contribution in [0.25, 0.3) is 0 Å². The summed E-state index contributed by atoms with van der Waals surface area (Å²) in [5, 5.41) is 2.97. The standard InChI is InChI=1S/C37H42FN3O4S/c1-26(2)23-39-37(43)35(22-30-11-7-6-8-12-30)40(24-31-16-18-32(38)19-17-31)36(42)25-41(34-13-9-10-28(4)29(34)5)46(44,45)33-20-14-27(3)15-21-33/h6-21,26,35H,22-25H2,1-5H3,(H,39,43)/t35-/m1/s1. The van der Waals surface area contributed by atoms with E-state index in [9.17, 15) is 22.4 Å². The maximum atomic E-state index is 14.6. The van der Waals surface area contributed by atoms with Gasteiger partial charge in [0.2, 0.25) is 11.8 Å². The van der Waals surface area contributed by atoms with Gasteiger partial charge >= 0.3 is 0 Å². The Bertz CT molecular complexity index is 1740. The molecule has 242 valence electrons. The van der Waals surface area contributed by atoms with Gasteiger partial charge in [-0.3, -0.25) is 13.9 Å². The number of anilines is 1. The van der Waals surface area contributed by atoms with Gasteiger partial charge in [-0.2, -0.15) is 0 Å². The minimum atomic E-state index is -4.21. The molecule has 4 aromatic rings. The van der Waals surface area contributed by atoms with Crippen LogP contribution in [0.15, 0.2) is 102 Å². The lowest BCUT2D eigenvalue weighted by atomic mass is 10.0. The van der Waals surface area contributed by atoms with Crippen LogP contribution in [-0.4, -0.2) is 44.3 Å². The zero-order valence-electron chi connectivity index (χ0n) is 27.0. The van der Waals surface area contributed by atoms with E-state index in [1.807, 2.05) is 71.0 Å². The van der Waals surface area contributed by atoms with Crippen molar-refractivity contribution in [3.05, 3.63) is 131 Å². The van der Waals surface area contributed by atoms with Crippen LogP contribution in [0.2, 0.25) is 0 Å². The fourth-order valence-electron chi connectivity index (χ4n) is 5.12. The number of sulfonamides is 1. The molecule has 2 amide bonds. The van der Waals surface area contributed by atoms with E-state index < -0.39 is 34.3 Å². The number of hydrogen-bond donors (Lipinski definition) is 1. The summed E-state index contributed by atoms with van der Waals surface area (Å²) in [7, 11) is -4.21. The second-order valence-electron chi connectivity index (χ2n) is 12.0. The molecule has 4 rings (SSSR count). The molecule has 4 aromatic carbocycles. The van der Waals surface area contributed by atoms with Crippen LogP contribution >= 0.6 is 0 Å². The van der Waals surface area contributed by atoms with Crippen molar-refractivity contribution in [1.82, 2.24) is 10.2 Å². The summed E-state index contributed by atoms with van der Waals surface area (Å²) < 4.78 is 43.5. The highest BCUT2D eigenvalue weighted by Crippen LogP contribution is 2.29. The molecule has 0 aliphatic rings. The van der Waals surface area contributed by atoms with Crippen LogP contribution in [0.3, 0.4) is 0 Å². The third-order valence-electron chi connectivity index (χ3n) is 7.95. The molecule has 9 heteroatoms. The Hall–Kier alpha value is -4.50. The quantitative estimate of drug-likeness (QED) is 0.184. The third kappa shape index (κ3) is 8.60. The van der Waals surface area contributed by atoms with E-state index in [0.717, 1.165) is 21.0 Å². The molecule has 0 bridgehead atoms. The van der Waals surface area contributed by atoms with Gasteiger partial charge in [-0.1, -0.05) is 86.1 Å². The maximum absolute atomic E-state index is 14.6. The fraction of sp³-hybridized carbons (Fsp3) is 0.297.